The van der Waals surface area contributed by atoms with Gasteiger partial charge in [0, 0.05) is 54.8 Å². The average molecular weight is 639 g/mol. The van der Waals surface area contributed by atoms with Crippen LogP contribution in [0.2, 0.25) is 10.0 Å². The second-order valence-electron chi connectivity index (χ2n) is 13.1. The molecule has 1 aromatic heterocycles. The number of esters is 2. The highest BCUT2D eigenvalue weighted by atomic mass is 35.5. The quantitative estimate of drug-likeness (QED) is 0.244. The molecule has 3 fully saturated rings. The minimum absolute atomic E-state index is 0.194. The zero-order chi connectivity index (χ0) is 30.7. The van der Waals surface area contributed by atoms with Crippen LogP contribution in [0.25, 0.3) is 10.9 Å². The monoisotopic (exact) mass is 637 g/mol. The van der Waals surface area contributed by atoms with Crippen LogP contribution in [-0.4, -0.2) is 53.1 Å². The molecule has 3 aliphatic heterocycles. The molecule has 4 heterocycles. The fourth-order valence-corrected chi connectivity index (χ4v) is 7.85. The number of oxime groups is 1. The fraction of sp³-hybridized carbons (Fsp3) is 0.500. The Labute approximate surface area is 267 Å². The maximum Gasteiger partial charge on any atom is 0.340 e. The summed E-state index contributed by atoms with van der Waals surface area (Å²) in [7, 11) is 1.96. The Balaban J connectivity index is 1.07. The van der Waals surface area contributed by atoms with Crippen molar-refractivity contribution in [1.29, 1.82) is 0 Å². The molecule has 0 N–H and O–H groups in total. The summed E-state index contributed by atoms with van der Waals surface area (Å²) < 4.78 is 13.8. The first kappa shape index (κ1) is 29.5. The van der Waals surface area contributed by atoms with Crippen molar-refractivity contribution >= 4 is 57.4 Å². The second kappa shape index (κ2) is 11.6. The van der Waals surface area contributed by atoms with Crippen molar-refractivity contribution in [2.45, 2.75) is 76.7 Å². The first-order valence-electron chi connectivity index (χ1n) is 15.6. The number of aromatic nitrogens is 1. The maximum atomic E-state index is 13.8. The van der Waals surface area contributed by atoms with Gasteiger partial charge in [0.25, 0.3) is 0 Å². The van der Waals surface area contributed by atoms with Gasteiger partial charge >= 0.3 is 11.9 Å². The van der Waals surface area contributed by atoms with Gasteiger partial charge in [-0.15, -0.1) is 0 Å². The van der Waals surface area contributed by atoms with Crippen molar-refractivity contribution in [1.82, 2.24) is 4.57 Å². The van der Waals surface area contributed by atoms with Crippen LogP contribution in [0.5, 0.6) is 0 Å². The zero-order valence-corrected chi connectivity index (χ0v) is 26.7. The lowest BCUT2D eigenvalue weighted by Gasteiger charge is -2.40. The number of aryl methyl sites for hydroxylation is 1. The maximum absolute atomic E-state index is 13.8. The highest BCUT2D eigenvalue weighted by Gasteiger charge is 2.51. The lowest BCUT2D eigenvalue weighted by Crippen LogP contribution is -2.47. The van der Waals surface area contributed by atoms with Crippen LogP contribution in [0.3, 0.4) is 0 Å². The highest BCUT2D eigenvalue weighted by Crippen LogP contribution is 2.45. The van der Waals surface area contributed by atoms with E-state index in [-0.39, 0.29) is 48.1 Å². The summed E-state index contributed by atoms with van der Waals surface area (Å²) in [6.45, 7) is 4.45. The van der Waals surface area contributed by atoms with Gasteiger partial charge in [-0.05, 0) is 67.9 Å². The third-order valence-electron chi connectivity index (χ3n) is 9.47. The molecule has 10 heteroatoms. The molecule has 1 saturated carbocycles. The molecule has 232 valence electrons. The zero-order valence-electron chi connectivity index (χ0n) is 25.2. The molecule has 2 unspecified atom stereocenters. The van der Waals surface area contributed by atoms with Gasteiger partial charge in [-0.3, -0.25) is 4.79 Å². The number of piperidine rings is 1. The smallest absolute Gasteiger partial charge is 0.340 e. The van der Waals surface area contributed by atoms with Crippen molar-refractivity contribution in [2.75, 3.05) is 11.5 Å². The molecule has 4 aliphatic rings. The molecular weight excluding hydrogens is 601 g/mol. The summed E-state index contributed by atoms with van der Waals surface area (Å²) in [5.41, 5.74) is 3.71. The Morgan fingerprint density at radius 2 is 1.75 bits per heavy atom. The molecule has 0 amide bonds. The van der Waals surface area contributed by atoms with E-state index in [2.05, 4.69) is 22.2 Å². The number of halogens is 2. The highest BCUT2D eigenvalue weighted by molar-refractivity contribution is 6.41. The van der Waals surface area contributed by atoms with Crippen molar-refractivity contribution < 1.29 is 23.9 Å². The Morgan fingerprint density at radius 3 is 2.41 bits per heavy atom. The number of ether oxygens (including phenoxy) is 2. The number of anilines is 1. The molecule has 2 saturated heterocycles. The molecule has 2 bridgehead atoms. The summed E-state index contributed by atoms with van der Waals surface area (Å²) in [6, 6.07) is 12.1. The molecule has 5 atom stereocenters. The molecule has 0 radical (unpaired) electrons. The van der Waals surface area contributed by atoms with Crippen LogP contribution in [0.4, 0.5) is 5.69 Å². The Morgan fingerprint density at radius 1 is 1.05 bits per heavy atom. The lowest BCUT2D eigenvalue weighted by atomic mass is 9.89. The third kappa shape index (κ3) is 5.34. The van der Waals surface area contributed by atoms with Crippen LogP contribution >= 0.6 is 23.2 Å². The number of carbonyl (C=O) groups is 2. The van der Waals surface area contributed by atoms with Gasteiger partial charge in [-0.2, -0.15) is 0 Å². The van der Waals surface area contributed by atoms with Crippen LogP contribution in [0.15, 0.2) is 47.8 Å². The topological polar surface area (TPSA) is 82.4 Å². The summed E-state index contributed by atoms with van der Waals surface area (Å²) >= 11 is 13.0. The predicted molar refractivity (Wildman–Crippen MR) is 171 cm³/mol. The number of rotatable bonds is 8. The SMILES string of the molecule is CC(C)COC(=O)c1cn(C)c2cc(N3[C@@H]4CC[C@H]3C[C@@H](OC(=O)C3C(c5c(Cl)cccc5Cl)=NOC3C3CC3)C4)ccc12. The summed E-state index contributed by atoms with van der Waals surface area (Å²) in [5, 5.41) is 6.10. The summed E-state index contributed by atoms with van der Waals surface area (Å²) in [4.78, 5) is 34.9. The molecule has 0 spiro atoms. The van der Waals surface area contributed by atoms with Crippen LogP contribution in [0.1, 0.15) is 68.3 Å². The number of benzene rings is 2. The standard InChI is InChI=1S/C34H37Cl2N3O5/c1-18(2)17-42-33(40)25-16-38(3)28-15-22(11-12-24(25)28)39-20-9-10-21(39)14-23(13-20)43-34(41)30-31(37-44-32(30)19-7-8-19)29-26(35)5-4-6-27(29)36/h4-6,11-12,15-16,18-21,23,30,32H,7-10,13-14,17H2,1-3H3/t20-,21+,23+,30?,32?. The Bertz CT molecular complexity index is 1610. The van der Waals surface area contributed by atoms with Crippen molar-refractivity contribution in [3.63, 3.8) is 0 Å². The lowest BCUT2D eigenvalue weighted by molar-refractivity contribution is -0.156. The van der Waals surface area contributed by atoms with E-state index in [1.54, 1.807) is 18.2 Å². The normalized spacial score (nSPS) is 26.2. The van der Waals surface area contributed by atoms with Crippen LogP contribution < -0.4 is 4.90 Å². The van der Waals surface area contributed by atoms with E-state index in [0.29, 0.717) is 33.5 Å². The molecule has 3 aromatic rings. The molecular formula is C34H37Cl2N3O5. The van der Waals surface area contributed by atoms with Gasteiger partial charge in [-0.25, -0.2) is 4.79 Å². The first-order chi connectivity index (χ1) is 21.2. The number of hydrogen-bond acceptors (Lipinski definition) is 7. The second-order valence-corrected chi connectivity index (χ2v) is 13.9. The van der Waals surface area contributed by atoms with E-state index in [1.165, 1.54) is 0 Å². The minimum Gasteiger partial charge on any atom is -0.462 e. The fourth-order valence-electron chi connectivity index (χ4n) is 7.26. The summed E-state index contributed by atoms with van der Waals surface area (Å²) in [5.74, 6) is -0.703. The average Bonchev–Trinajstić information content (AvgIpc) is 3.57. The molecule has 7 rings (SSSR count). The van der Waals surface area contributed by atoms with Crippen molar-refractivity contribution in [3.05, 3.63) is 63.8 Å². The van der Waals surface area contributed by atoms with Crippen molar-refractivity contribution in [3.8, 4) is 0 Å². The minimum atomic E-state index is -0.656. The van der Waals surface area contributed by atoms with Gasteiger partial charge < -0.3 is 23.8 Å². The predicted octanol–water partition coefficient (Wildman–Crippen LogP) is 7.17. The largest absolute Gasteiger partial charge is 0.462 e. The van der Waals surface area contributed by atoms with E-state index >= 15 is 0 Å². The van der Waals surface area contributed by atoms with Gasteiger partial charge in [-0.1, -0.05) is 48.3 Å². The number of hydrogen-bond donors (Lipinski definition) is 0. The number of fused-ring (bicyclic) bond motifs is 3. The van der Waals surface area contributed by atoms with Gasteiger partial charge in [0.05, 0.1) is 27.7 Å². The van der Waals surface area contributed by atoms with Crippen LogP contribution in [0, 0.1) is 17.8 Å². The molecule has 1 aliphatic carbocycles. The number of carbonyl (C=O) groups excluding carboxylic acids is 2. The Hall–Kier alpha value is -3.23. The van der Waals surface area contributed by atoms with Crippen LogP contribution in [-0.2, 0) is 26.2 Å². The van der Waals surface area contributed by atoms with Gasteiger partial charge in [0.2, 0.25) is 0 Å². The third-order valence-corrected chi connectivity index (χ3v) is 10.1. The van der Waals surface area contributed by atoms with E-state index in [0.717, 1.165) is 55.1 Å². The van der Waals surface area contributed by atoms with E-state index in [9.17, 15) is 9.59 Å². The molecule has 2 aromatic carbocycles. The van der Waals surface area contributed by atoms with Crippen molar-refractivity contribution in [2.24, 2.45) is 30.0 Å². The van der Waals surface area contributed by atoms with E-state index < -0.39 is 5.92 Å². The van der Waals surface area contributed by atoms with E-state index in [1.807, 2.05) is 37.7 Å². The van der Waals surface area contributed by atoms with E-state index in [4.69, 9.17) is 37.5 Å². The molecule has 8 nitrogen and oxygen atoms in total. The van der Waals surface area contributed by atoms with Gasteiger partial charge in [0.15, 0.2) is 0 Å². The number of nitrogens with zero attached hydrogens (tertiary/aromatic N) is 3. The van der Waals surface area contributed by atoms with Gasteiger partial charge in [0.1, 0.15) is 23.8 Å². The summed E-state index contributed by atoms with van der Waals surface area (Å²) in [6.07, 6.45) is 6.89. The first-order valence-corrected chi connectivity index (χ1v) is 16.4. The Kier molecular flexibility index (Phi) is 7.78. The molecule has 44 heavy (non-hydrogen) atoms.